The Balaban J connectivity index is 2.35. The van der Waals surface area contributed by atoms with Crippen LogP contribution in [0.25, 0.3) is 0 Å². The van der Waals surface area contributed by atoms with E-state index < -0.39 is 0 Å². The zero-order valence-corrected chi connectivity index (χ0v) is 7.32. The molecule has 1 aliphatic rings. The zero-order chi connectivity index (χ0) is 8.97. The van der Waals surface area contributed by atoms with Crippen molar-refractivity contribution in [2.24, 2.45) is 0 Å². The number of hydrogen-bond donors (Lipinski definition) is 1. The van der Waals surface area contributed by atoms with E-state index >= 15 is 0 Å². The number of carbonyl (C=O) groups excluding carboxylic acids is 1. The van der Waals surface area contributed by atoms with Gasteiger partial charge in [-0.05, 0) is 6.92 Å². The van der Waals surface area contributed by atoms with E-state index in [-0.39, 0.29) is 25.0 Å². The van der Waals surface area contributed by atoms with Gasteiger partial charge in [0.05, 0.1) is 19.3 Å². The standard InChI is InChI=1S/C8H15NO3/c1-7-6-9(3-5-12-7)8(11)2-4-10/h7,10H,2-6H2,1H3. The molecule has 1 fully saturated rings. The van der Waals surface area contributed by atoms with Crippen LogP contribution in [0.3, 0.4) is 0 Å². The number of aliphatic hydroxyl groups excluding tert-OH is 1. The molecule has 70 valence electrons. The molecule has 0 spiro atoms. The van der Waals surface area contributed by atoms with E-state index in [2.05, 4.69) is 0 Å². The largest absolute Gasteiger partial charge is 0.396 e. The van der Waals surface area contributed by atoms with Gasteiger partial charge in [0.15, 0.2) is 0 Å². The highest BCUT2D eigenvalue weighted by molar-refractivity contribution is 5.76. The summed E-state index contributed by atoms with van der Waals surface area (Å²) >= 11 is 0. The lowest BCUT2D eigenvalue weighted by atomic mass is 10.3. The van der Waals surface area contributed by atoms with Gasteiger partial charge in [0.25, 0.3) is 0 Å². The molecule has 1 aliphatic heterocycles. The number of nitrogens with zero attached hydrogens (tertiary/aromatic N) is 1. The van der Waals surface area contributed by atoms with Crippen molar-refractivity contribution in [3.63, 3.8) is 0 Å². The van der Waals surface area contributed by atoms with Crippen molar-refractivity contribution < 1.29 is 14.6 Å². The second-order valence-electron chi connectivity index (χ2n) is 2.99. The van der Waals surface area contributed by atoms with Crippen LogP contribution in [0.2, 0.25) is 0 Å². The first-order valence-electron chi connectivity index (χ1n) is 4.24. The van der Waals surface area contributed by atoms with Crippen LogP contribution in [0.5, 0.6) is 0 Å². The van der Waals surface area contributed by atoms with Crippen molar-refractivity contribution in [3.8, 4) is 0 Å². The van der Waals surface area contributed by atoms with Crippen molar-refractivity contribution >= 4 is 5.91 Å². The lowest BCUT2D eigenvalue weighted by Gasteiger charge is -2.31. The first kappa shape index (κ1) is 9.48. The summed E-state index contributed by atoms with van der Waals surface area (Å²) < 4.78 is 5.28. The molecule has 1 saturated heterocycles. The molecule has 0 aromatic heterocycles. The van der Waals surface area contributed by atoms with Gasteiger partial charge in [0.1, 0.15) is 0 Å². The minimum atomic E-state index is -0.0649. The summed E-state index contributed by atoms with van der Waals surface area (Å²) in [6.45, 7) is 3.79. The molecule has 1 N–H and O–H groups in total. The zero-order valence-electron chi connectivity index (χ0n) is 7.32. The molecule has 1 unspecified atom stereocenters. The Labute approximate surface area is 72.1 Å². The molecular weight excluding hydrogens is 158 g/mol. The number of hydrogen-bond acceptors (Lipinski definition) is 3. The van der Waals surface area contributed by atoms with E-state index in [0.29, 0.717) is 19.7 Å². The van der Waals surface area contributed by atoms with Crippen molar-refractivity contribution in [3.05, 3.63) is 0 Å². The van der Waals surface area contributed by atoms with Crippen LogP contribution >= 0.6 is 0 Å². The highest BCUT2D eigenvalue weighted by Crippen LogP contribution is 2.05. The van der Waals surface area contributed by atoms with Gasteiger partial charge >= 0.3 is 0 Å². The summed E-state index contributed by atoms with van der Waals surface area (Å²) in [7, 11) is 0. The second-order valence-corrected chi connectivity index (χ2v) is 2.99. The van der Waals surface area contributed by atoms with Gasteiger partial charge in [0.2, 0.25) is 5.91 Å². The fourth-order valence-corrected chi connectivity index (χ4v) is 1.30. The summed E-state index contributed by atoms with van der Waals surface area (Å²) in [6, 6.07) is 0. The highest BCUT2D eigenvalue weighted by atomic mass is 16.5. The lowest BCUT2D eigenvalue weighted by molar-refractivity contribution is -0.138. The maximum absolute atomic E-state index is 11.3. The summed E-state index contributed by atoms with van der Waals surface area (Å²) in [4.78, 5) is 13.0. The van der Waals surface area contributed by atoms with Crippen LogP contribution in [-0.4, -0.2) is 48.3 Å². The Hall–Kier alpha value is -0.610. The van der Waals surface area contributed by atoms with E-state index in [1.54, 1.807) is 4.90 Å². The van der Waals surface area contributed by atoms with E-state index in [0.717, 1.165) is 0 Å². The van der Waals surface area contributed by atoms with Crippen LogP contribution in [0, 0.1) is 0 Å². The molecule has 0 bridgehead atoms. The van der Waals surface area contributed by atoms with Gasteiger partial charge in [-0.15, -0.1) is 0 Å². The molecule has 0 aromatic carbocycles. The van der Waals surface area contributed by atoms with E-state index in [9.17, 15) is 4.79 Å². The molecule has 1 atom stereocenters. The minimum absolute atomic E-state index is 0.0210. The smallest absolute Gasteiger partial charge is 0.225 e. The fraction of sp³-hybridized carbons (Fsp3) is 0.875. The van der Waals surface area contributed by atoms with Crippen molar-refractivity contribution in [1.82, 2.24) is 4.90 Å². The summed E-state index contributed by atoms with van der Waals surface area (Å²) in [5.74, 6) is 0.0210. The number of amides is 1. The third-order valence-corrected chi connectivity index (χ3v) is 1.92. The SMILES string of the molecule is CC1CN(C(=O)CCO)CCO1. The Morgan fingerprint density at radius 2 is 2.50 bits per heavy atom. The minimum Gasteiger partial charge on any atom is -0.396 e. The number of rotatable bonds is 2. The van der Waals surface area contributed by atoms with E-state index in [4.69, 9.17) is 9.84 Å². The third kappa shape index (κ3) is 2.46. The molecule has 1 heterocycles. The molecule has 4 nitrogen and oxygen atoms in total. The molecule has 1 rings (SSSR count). The molecule has 1 amide bonds. The van der Waals surface area contributed by atoms with Crippen molar-refractivity contribution in [2.75, 3.05) is 26.3 Å². The van der Waals surface area contributed by atoms with Crippen LogP contribution in [0.4, 0.5) is 0 Å². The summed E-state index contributed by atoms with van der Waals surface area (Å²) in [5.41, 5.74) is 0. The Bertz CT molecular complexity index is 160. The Morgan fingerprint density at radius 1 is 1.75 bits per heavy atom. The van der Waals surface area contributed by atoms with Gasteiger partial charge in [-0.2, -0.15) is 0 Å². The average molecular weight is 173 g/mol. The molecule has 0 saturated carbocycles. The molecule has 0 radical (unpaired) electrons. The highest BCUT2D eigenvalue weighted by Gasteiger charge is 2.20. The first-order valence-corrected chi connectivity index (χ1v) is 4.24. The van der Waals surface area contributed by atoms with E-state index in [1.807, 2.05) is 6.92 Å². The first-order chi connectivity index (χ1) is 5.74. The molecule has 12 heavy (non-hydrogen) atoms. The molecule has 0 aliphatic carbocycles. The third-order valence-electron chi connectivity index (χ3n) is 1.92. The monoisotopic (exact) mass is 173 g/mol. The predicted molar refractivity (Wildman–Crippen MR) is 43.7 cm³/mol. The van der Waals surface area contributed by atoms with Crippen LogP contribution in [0.1, 0.15) is 13.3 Å². The maximum atomic E-state index is 11.3. The van der Waals surface area contributed by atoms with Gasteiger partial charge in [0, 0.05) is 19.5 Å². The topological polar surface area (TPSA) is 49.8 Å². The van der Waals surface area contributed by atoms with Crippen molar-refractivity contribution in [2.45, 2.75) is 19.4 Å². The van der Waals surface area contributed by atoms with Gasteiger partial charge in [-0.25, -0.2) is 0 Å². The van der Waals surface area contributed by atoms with Gasteiger partial charge < -0.3 is 14.7 Å². The number of carbonyl (C=O) groups is 1. The molecule has 0 aromatic rings. The number of aliphatic hydroxyl groups is 1. The van der Waals surface area contributed by atoms with Gasteiger partial charge in [-0.1, -0.05) is 0 Å². The van der Waals surface area contributed by atoms with Gasteiger partial charge in [-0.3, -0.25) is 4.79 Å². The van der Waals surface area contributed by atoms with Crippen LogP contribution in [-0.2, 0) is 9.53 Å². The lowest BCUT2D eigenvalue weighted by Crippen LogP contribution is -2.44. The Morgan fingerprint density at radius 3 is 3.08 bits per heavy atom. The molecule has 4 heteroatoms. The fourth-order valence-electron chi connectivity index (χ4n) is 1.30. The maximum Gasteiger partial charge on any atom is 0.225 e. The van der Waals surface area contributed by atoms with Crippen LogP contribution in [0.15, 0.2) is 0 Å². The number of ether oxygens (including phenoxy) is 1. The molecular formula is C8H15NO3. The normalized spacial score (nSPS) is 24.2. The van der Waals surface area contributed by atoms with Crippen molar-refractivity contribution in [1.29, 1.82) is 0 Å². The summed E-state index contributed by atoms with van der Waals surface area (Å²) in [6.07, 6.45) is 0.355. The average Bonchev–Trinajstić information content (AvgIpc) is 2.05. The second kappa shape index (κ2) is 4.42. The summed E-state index contributed by atoms with van der Waals surface area (Å²) in [5, 5.41) is 8.55. The van der Waals surface area contributed by atoms with Crippen LogP contribution < -0.4 is 0 Å². The Kier molecular flexibility index (Phi) is 3.49. The quantitative estimate of drug-likeness (QED) is 0.619. The van der Waals surface area contributed by atoms with E-state index in [1.165, 1.54) is 0 Å². The number of morpholine rings is 1. The predicted octanol–water partition coefficient (Wildman–Crippen LogP) is -0.384.